The van der Waals surface area contributed by atoms with Crippen LogP contribution in [0.15, 0.2) is 394 Å². The lowest BCUT2D eigenvalue weighted by Crippen LogP contribution is -2.07. The number of benzene rings is 15. The second-order valence-corrected chi connectivity index (χ2v) is 29.9. The van der Waals surface area contributed by atoms with Crippen LogP contribution in [0.4, 0.5) is 5.69 Å². The van der Waals surface area contributed by atoms with Crippen molar-refractivity contribution < 1.29 is 0 Å². The summed E-state index contributed by atoms with van der Waals surface area (Å²) < 4.78 is 4.50. The van der Waals surface area contributed by atoms with Gasteiger partial charge in [0.2, 0.25) is 0 Å². The zero-order valence-electron chi connectivity index (χ0n) is 66.1. The van der Waals surface area contributed by atoms with Gasteiger partial charge < -0.3 is 9.13 Å². The highest BCUT2D eigenvalue weighted by molar-refractivity contribution is 6.14. The van der Waals surface area contributed by atoms with E-state index in [0.717, 1.165) is 122 Å². The van der Waals surface area contributed by atoms with Gasteiger partial charge in [0.05, 0.1) is 45.6 Å². The van der Waals surface area contributed by atoms with Gasteiger partial charge in [-0.05, 0) is 91.0 Å². The minimum absolute atomic E-state index is 0.334. The molecule has 17 heteroatoms. The second kappa shape index (κ2) is 31.4. The zero-order chi connectivity index (χ0) is 82.4. The van der Waals surface area contributed by atoms with Crippen LogP contribution < -0.4 is 0 Å². The third kappa shape index (κ3) is 13.8. The molecule has 0 aliphatic carbocycles. The maximum atomic E-state index is 9.44. The minimum atomic E-state index is 0.334. The van der Waals surface area contributed by atoms with Crippen LogP contribution in [0.2, 0.25) is 0 Å². The van der Waals surface area contributed by atoms with Crippen LogP contribution >= 0.6 is 0 Å². The molecule has 15 aromatic carbocycles. The summed E-state index contributed by atoms with van der Waals surface area (Å²) in [5, 5.41) is 3.31. The van der Waals surface area contributed by atoms with E-state index in [4.69, 9.17) is 69.8 Å². The zero-order valence-corrected chi connectivity index (χ0v) is 66.1. The number of rotatable bonds is 17. The Morgan fingerprint density at radius 2 is 0.355 bits per heavy atom. The molecule has 0 radical (unpaired) electrons. The van der Waals surface area contributed by atoms with E-state index in [0.29, 0.717) is 110 Å². The Morgan fingerprint density at radius 1 is 0.169 bits per heavy atom. The molecule has 0 atom stereocenters. The Hall–Kier alpha value is -17.5. The molecule has 578 valence electrons. The van der Waals surface area contributed by atoms with Gasteiger partial charge in [0, 0.05) is 111 Å². The number of hydrogen-bond donors (Lipinski definition) is 0. The van der Waals surface area contributed by atoms with Crippen molar-refractivity contribution >= 4 is 49.3 Å². The van der Waals surface area contributed by atoms with Crippen molar-refractivity contribution in [3.63, 3.8) is 0 Å². The Kier molecular flexibility index (Phi) is 18.5. The largest absolute Gasteiger partial charge is 0.310 e. The van der Waals surface area contributed by atoms with Crippen LogP contribution in [0.3, 0.4) is 0 Å². The van der Waals surface area contributed by atoms with Gasteiger partial charge in [0.25, 0.3) is 0 Å². The average Bonchev–Trinajstić information content (AvgIpc) is 1.54. The first-order valence-corrected chi connectivity index (χ1v) is 40.6. The van der Waals surface area contributed by atoms with E-state index >= 15 is 0 Å². The van der Waals surface area contributed by atoms with Gasteiger partial charge in [-0.2, -0.15) is 0 Å². The molecule has 17 nitrogen and oxygen atoms in total. The predicted molar refractivity (Wildman–Crippen MR) is 492 cm³/mol. The molecule has 0 amide bonds. The summed E-state index contributed by atoms with van der Waals surface area (Å²) >= 11 is 0. The van der Waals surface area contributed by atoms with Crippen molar-refractivity contribution in [2.45, 2.75) is 0 Å². The van der Waals surface area contributed by atoms with Gasteiger partial charge in [0.15, 0.2) is 81.4 Å². The molecule has 0 spiro atoms. The second-order valence-electron chi connectivity index (χ2n) is 29.9. The van der Waals surface area contributed by atoms with Crippen LogP contribution in [0.25, 0.3) is 230 Å². The van der Waals surface area contributed by atoms with Crippen LogP contribution in [-0.2, 0) is 0 Å². The molecule has 7 aromatic heterocycles. The Labute approximate surface area is 711 Å². The predicted octanol–water partition coefficient (Wildman–Crippen LogP) is 25.0. The summed E-state index contributed by atoms with van der Waals surface area (Å²) in [5.41, 5.74) is 18.0. The van der Waals surface area contributed by atoms with E-state index in [2.05, 4.69) is 117 Å². The SMILES string of the molecule is [C-]#[N+]c1cc(-n2c3ccc(-c4nc(-c5ccccc5)nc(-c5ccccc5)n4)cc3c3cc(-c4nc(-c5ccccc5)nc(-c5ccccc5)n4)ccc32)c(-c2nc(-c3ccccc3)cc(-c3ccccc3)n2)c(-n2c3ccc(-c4nc(-c5ccccc5)nc(-c5ccccc5)n4)cc3c3cc(-c4nc(-c5ccccc5)nc(-c5ccccc5)n4)ccc32)c1. The molecule has 7 heterocycles. The molecule has 22 aromatic rings. The summed E-state index contributed by atoms with van der Waals surface area (Å²) in [4.78, 5) is 79.0. The van der Waals surface area contributed by atoms with Gasteiger partial charge in [-0.3, -0.25) is 0 Å². The van der Waals surface area contributed by atoms with Crippen LogP contribution in [0.1, 0.15) is 0 Å². The van der Waals surface area contributed by atoms with E-state index in [1.807, 2.05) is 291 Å². The Bertz CT molecular complexity index is 6830. The van der Waals surface area contributed by atoms with Gasteiger partial charge in [-0.25, -0.2) is 74.6 Å². The Balaban J connectivity index is 0.849. The standard InChI is InChI=1S/C107H65N17/c1-108-81-64-92(123-88-56-52-77(103-115-95(69-36-16-4-17-37-69)111-96(116-103)70-38-18-5-19-39-70)60-82(88)83-61-78(53-57-89(83)123)104-117-97(71-40-20-6-21-41-71)112-98(118-104)72-42-22-7-23-43-72)94(107-109-86(67-32-12-2-13-33-67)66-87(110-107)68-34-14-3-15-35-68)93(65-81)124-90-58-54-79(105-119-99(73-44-24-8-25-45-73)113-100(120-105)74-46-26-9-27-47-74)62-84(90)85-63-80(55-59-91(85)124)106-121-101(75-48-28-10-29-49-75)114-102(122-106)76-50-30-11-31-51-76/h2-66H. The summed E-state index contributed by atoms with van der Waals surface area (Å²) in [7, 11) is 0. The summed E-state index contributed by atoms with van der Waals surface area (Å²) in [6, 6.07) is 132. The topological polar surface area (TPSA) is 195 Å². The highest BCUT2D eigenvalue weighted by atomic mass is 15.1. The molecule has 22 rings (SSSR count). The molecule has 0 aliphatic rings. The van der Waals surface area contributed by atoms with Crippen molar-refractivity contribution in [2.24, 2.45) is 0 Å². The first kappa shape index (κ1) is 72.9. The first-order chi connectivity index (χ1) is 61.4. The fourth-order valence-electron chi connectivity index (χ4n) is 16.2. The molecule has 0 N–H and O–H groups in total. The van der Waals surface area contributed by atoms with Crippen molar-refractivity contribution in [1.82, 2.24) is 78.9 Å². The molecule has 0 bridgehead atoms. The molecule has 124 heavy (non-hydrogen) atoms. The normalized spacial score (nSPS) is 11.4. The lowest BCUT2D eigenvalue weighted by Gasteiger charge is -2.21. The molecule has 0 fully saturated rings. The van der Waals surface area contributed by atoms with Crippen LogP contribution in [-0.4, -0.2) is 78.9 Å². The molecule has 0 saturated heterocycles. The van der Waals surface area contributed by atoms with E-state index in [9.17, 15) is 6.57 Å². The fourth-order valence-corrected chi connectivity index (χ4v) is 16.2. The fraction of sp³-hybridized carbons (Fsp3) is 0. The number of aromatic nitrogens is 16. The van der Waals surface area contributed by atoms with E-state index in [1.165, 1.54) is 0 Å². The van der Waals surface area contributed by atoms with Gasteiger partial charge in [0.1, 0.15) is 0 Å². The monoisotopic (exact) mass is 1590 g/mol. The quantitative estimate of drug-likeness (QED) is 0.0781. The van der Waals surface area contributed by atoms with Crippen molar-refractivity contribution in [2.75, 3.05) is 0 Å². The molecule has 0 saturated carbocycles. The molecular formula is C107H65N17. The van der Waals surface area contributed by atoms with Gasteiger partial charge in [-0.1, -0.05) is 303 Å². The van der Waals surface area contributed by atoms with E-state index in [1.54, 1.807) is 0 Å². The lowest BCUT2D eigenvalue weighted by molar-refractivity contribution is 1.07. The van der Waals surface area contributed by atoms with Crippen molar-refractivity contribution in [1.29, 1.82) is 0 Å². The first-order valence-electron chi connectivity index (χ1n) is 40.6. The van der Waals surface area contributed by atoms with Crippen LogP contribution in [0, 0.1) is 6.57 Å². The molecule has 0 unspecified atom stereocenters. The van der Waals surface area contributed by atoms with Crippen molar-refractivity contribution in [3.8, 4) is 182 Å². The number of fused-ring (bicyclic) bond motifs is 6. The summed E-state index contributed by atoms with van der Waals surface area (Å²) in [6.45, 7) is 9.44. The molecule has 0 aliphatic heterocycles. The lowest BCUT2D eigenvalue weighted by atomic mass is 10.0. The summed E-state index contributed by atoms with van der Waals surface area (Å²) in [5.74, 6) is 6.40. The Morgan fingerprint density at radius 3 is 0.548 bits per heavy atom. The highest BCUT2D eigenvalue weighted by Crippen LogP contribution is 2.47. The third-order valence-electron chi connectivity index (χ3n) is 22.1. The molecular weight excluding hydrogens is 1520 g/mol. The van der Waals surface area contributed by atoms with Crippen LogP contribution in [0.5, 0.6) is 0 Å². The van der Waals surface area contributed by atoms with Gasteiger partial charge >= 0.3 is 0 Å². The summed E-state index contributed by atoms with van der Waals surface area (Å²) in [6.07, 6.45) is 0. The maximum Gasteiger partial charge on any atom is 0.191 e. The van der Waals surface area contributed by atoms with Crippen molar-refractivity contribution in [3.05, 3.63) is 406 Å². The number of hydrogen-bond acceptors (Lipinski definition) is 14. The van der Waals surface area contributed by atoms with Gasteiger partial charge in [-0.15, -0.1) is 0 Å². The maximum absolute atomic E-state index is 9.44. The average molecular weight is 1590 g/mol. The van der Waals surface area contributed by atoms with E-state index in [-0.39, 0.29) is 0 Å². The minimum Gasteiger partial charge on any atom is -0.310 e. The smallest absolute Gasteiger partial charge is 0.191 e. The third-order valence-corrected chi connectivity index (χ3v) is 22.1. The van der Waals surface area contributed by atoms with E-state index < -0.39 is 0 Å². The highest BCUT2D eigenvalue weighted by Gasteiger charge is 2.29. The number of nitrogens with zero attached hydrogens (tertiary/aromatic N) is 17.